The molecule has 0 amide bonds. The fraction of sp³-hybridized carbons (Fsp3) is 0.200. The van der Waals surface area contributed by atoms with Gasteiger partial charge in [0.25, 0.3) is 0 Å². The van der Waals surface area contributed by atoms with Crippen molar-refractivity contribution in [2.45, 2.75) is 12.4 Å². The lowest BCUT2D eigenvalue weighted by Crippen LogP contribution is -2.00. The number of hydrogen-bond acceptors (Lipinski definition) is 2. The van der Waals surface area contributed by atoms with Crippen molar-refractivity contribution in [3.8, 4) is 0 Å². The van der Waals surface area contributed by atoms with E-state index >= 15 is 0 Å². The van der Waals surface area contributed by atoms with E-state index in [9.17, 15) is 0 Å². The smallest absolute Gasteiger partial charge is 0.184 e. The van der Waals surface area contributed by atoms with Crippen molar-refractivity contribution in [2.75, 3.05) is 6.61 Å². The molecule has 1 heterocycles. The summed E-state index contributed by atoms with van der Waals surface area (Å²) < 4.78 is 11.6. The molecule has 3 heteroatoms. The summed E-state index contributed by atoms with van der Waals surface area (Å²) in [5.74, 6) is 0. The van der Waals surface area contributed by atoms with Crippen molar-refractivity contribution in [3.63, 3.8) is 0 Å². The first-order chi connectivity index (χ1) is 8.83. The Morgan fingerprint density at radius 1 is 0.889 bits per heavy atom. The topological polar surface area (TPSA) is 18.5 Å². The largest absolute Gasteiger partial charge is 0.345 e. The minimum atomic E-state index is -0.271. The van der Waals surface area contributed by atoms with Crippen LogP contribution in [0.15, 0.2) is 54.6 Å². The maximum atomic E-state index is 5.91. The van der Waals surface area contributed by atoms with Gasteiger partial charge in [0, 0.05) is 10.6 Å². The predicted octanol–water partition coefficient (Wildman–Crippen LogP) is 4.13. The van der Waals surface area contributed by atoms with Gasteiger partial charge in [-0.2, -0.15) is 0 Å². The average molecular weight is 261 g/mol. The monoisotopic (exact) mass is 260 g/mol. The van der Waals surface area contributed by atoms with Gasteiger partial charge in [0.05, 0.1) is 6.61 Å². The van der Waals surface area contributed by atoms with Crippen molar-refractivity contribution < 1.29 is 9.47 Å². The zero-order valence-electron chi connectivity index (χ0n) is 9.75. The summed E-state index contributed by atoms with van der Waals surface area (Å²) in [6.45, 7) is 0.571. The first-order valence-electron chi connectivity index (χ1n) is 5.90. The highest BCUT2D eigenvalue weighted by Crippen LogP contribution is 2.35. The van der Waals surface area contributed by atoms with Crippen LogP contribution in [0.2, 0.25) is 5.02 Å². The van der Waals surface area contributed by atoms with E-state index in [2.05, 4.69) is 0 Å². The fourth-order valence-electron chi connectivity index (χ4n) is 2.04. The first kappa shape index (κ1) is 11.7. The second kappa shape index (κ2) is 5.11. The Kier molecular flexibility index (Phi) is 3.33. The molecule has 92 valence electrons. The normalized spacial score (nSPS) is 23.2. The molecule has 1 aliphatic rings. The highest BCUT2D eigenvalue weighted by Gasteiger charge is 2.28. The van der Waals surface area contributed by atoms with Crippen molar-refractivity contribution >= 4 is 11.6 Å². The molecule has 0 N–H and O–H groups in total. The molecule has 2 aromatic rings. The van der Waals surface area contributed by atoms with Gasteiger partial charge in [-0.05, 0) is 17.7 Å². The van der Waals surface area contributed by atoms with Crippen LogP contribution in [0.25, 0.3) is 0 Å². The Labute approximate surface area is 111 Å². The molecule has 0 spiro atoms. The highest BCUT2D eigenvalue weighted by atomic mass is 35.5. The maximum Gasteiger partial charge on any atom is 0.184 e. The Morgan fingerprint density at radius 3 is 2.33 bits per heavy atom. The second-order valence-corrected chi connectivity index (χ2v) is 4.69. The Balaban J connectivity index is 1.74. The van der Waals surface area contributed by atoms with Gasteiger partial charge < -0.3 is 9.47 Å². The zero-order chi connectivity index (χ0) is 12.4. The maximum absolute atomic E-state index is 5.91. The minimum Gasteiger partial charge on any atom is -0.345 e. The van der Waals surface area contributed by atoms with E-state index in [1.54, 1.807) is 0 Å². The van der Waals surface area contributed by atoms with Crippen LogP contribution in [0.1, 0.15) is 23.5 Å². The number of hydrogen-bond donors (Lipinski definition) is 0. The molecule has 1 fully saturated rings. The summed E-state index contributed by atoms with van der Waals surface area (Å²) in [6.07, 6.45) is -0.292. The Hall–Kier alpha value is -1.35. The molecular formula is C15H13ClO2. The van der Waals surface area contributed by atoms with Gasteiger partial charge in [0.2, 0.25) is 0 Å². The molecule has 2 aromatic carbocycles. The zero-order valence-corrected chi connectivity index (χ0v) is 10.5. The molecule has 18 heavy (non-hydrogen) atoms. The van der Waals surface area contributed by atoms with Crippen LogP contribution < -0.4 is 0 Å². The fourth-order valence-corrected chi connectivity index (χ4v) is 2.17. The van der Waals surface area contributed by atoms with Gasteiger partial charge in [-0.15, -0.1) is 0 Å². The van der Waals surface area contributed by atoms with Gasteiger partial charge in [-0.3, -0.25) is 0 Å². The molecule has 2 atom stereocenters. The van der Waals surface area contributed by atoms with Crippen LogP contribution in [0.5, 0.6) is 0 Å². The van der Waals surface area contributed by atoms with Crippen molar-refractivity contribution in [1.82, 2.24) is 0 Å². The molecule has 0 aromatic heterocycles. The number of ether oxygens (including phenoxy) is 2. The van der Waals surface area contributed by atoms with Crippen molar-refractivity contribution in [1.29, 1.82) is 0 Å². The molecule has 0 radical (unpaired) electrons. The Bertz CT molecular complexity index is 510. The number of benzene rings is 2. The van der Waals surface area contributed by atoms with Crippen molar-refractivity contribution in [2.24, 2.45) is 0 Å². The summed E-state index contributed by atoms with van der Waals surface area (Å²) in [7, 11) is 0. The minimum absolute atomic E-state index is 0.0209. The number of halogens is 1. The molecule has 0 bridgehead atoms. The molecule has 2 nitrogen and oxygen atoms in total. The van der Waals surface area contributed by atoms with E-state index in [4.69, 9.17) is 21.1 Å². The van der Waals surface area contributed by atoms with Crippen LogP contribution in [-0.2, 0) is 9.47 Å². The van der Waals surface area contributed by atoms with Crippen LogP contribution in [-0.4, -0.2) is 6.61 Å². The van der Waals surface area contributed by atoms with Crippen LogP contribution in [0, 0.1) is 0 Å². The van der Waals surface area contributed by atoms with E-state index in [0.29, 0.717) is 6.61 Å². The Morgan fingerprint density at radius 2 is 1.61 bits per heavy atom. The van der Waals surface area contributed by atoms with Gasteiger partial charge in [0.15, 0.2) is 6.29 Å². The average Bonchev–Trinajstić information content (AvgIpc) is 2.90. The van der Waals surface area contributed by atoms with E-state index in [1.165, 1.54) is 0 Å². The van der Waals surface area contributed by atoms with E-state index in [1.807, 2.05) is 54.6 Å². The molecule has 0 aliphatic carbocycles. The summed E-state index contributed by atoms with van der Waals surface area (Å²) in [5, 5.41) is 0.734. The lowest BCUT2D eigenvalue weighted by atomic mass is 10.1. The molecule has 0 unspecified atom stereocenters. The van der Waals surface area contributed by atoms with Crippen LogP contribution in [0.3, 0.4) is 0 Å². The highest BCUT2D eigenvalue weighted by molar-refractivity contribution is 6.30. The number of rotatable bonds is 2. The summed E-state index contributed by atoms with van der Waals surface area (Å²) in [5.41, 5.74) is 2.15. The van der Waals surface area contributed by atoms with Gasteiger partial charge in [-0.1, -0.05) is 54.1 Å². The van der Waals surface area contributed by atoms with Crippen molar-refractivity contribution in [3.05, 3.63) is 70.7 Å². The quantitative estimate of drug-likeness (QED) is 0.808. The summed E-state index contributed by atoms with van der Waals surface area (Å²) in [6, 6.07) is 17.7. The lowest BCUT2D eigenvalue weighted by molar-refractivity contribution is -0.0607. The van der Waals surface area contributed by atoms with E-state index < -0.39 is 0 Å². The molecular weight excluding hydrogens is 248 g/mol. The van der Waals surface area contributed by atoms with Gasteiger partial charge in [-0.25, -0.2) is 0 Å². The first-order valence-corrected chi connectivity index (χ1v) is 6.28. The van der Waals surface area contributed by atoms with Crippen LogP contribution in [0.4, 0.5) is 0 Å². The third kappa shape index (κ3) is 2.41. The lowest BCUT2D eigenvalue weighted by Gasteiger charge is -2.11. The van der Waals surface area contributed by atoms with E-state index in [-0.39, 0.29) is 12.4 Å². The molecule has 0 saturated carbocycles. The third-order valence-corrected chi connectivity index (χ3v) is 3.25. The van der Waals surface area contributed by atoms with Gasteiger partial charge >= 0.3 is 0 Å². The van der Waals surface area contributed by atoms with Crippen LogP contribution >= 0.6 is 11.6 Å². The molecule has 1 saturated heterocycles. The second-order valence-electron chi connectivity index (χ2n) is 4.25. The standard InChI is InChI=1S/C15H13ClO2/c16-13-8-6-11(7-9-13)14-10-17-15(18-14)12-4-2-1-3-5-12/h1-9,14-15H,10H2/t14-,15-/m0/s1. The van der Waals surface area contributed by atoms with Gasteiger partial charge in [0.1, 0.15) is 6.10 Å². The summed E-state index contributed by atoms with van der Waals surface area (Å²) >= 11 is 5.87. The van der Waals surface area contributed by atoms with E-state index in [0.717, 1.165) is 16.1 Å². The SMILES string of the molecule is Clc1ccc([C@@H]2CO[C@H](c3ccccc3)O2)cc1. The molecule has 1 aliphatic heterocycles. The summed E-state index contributed by atoms with van der Waals surface area (Å²) in [4.78, 5) is 0. The molecule has 3 rings (SSSR count). The predicted molar refractivity (Wildman–Crippen MR) is 70.4 cm³/mol. The third-order valence-electron chi connectivity index (χ3n) is 3.00.